The molecule has 0 aliphatic heterocycles. The molecule has 0 radical (unpaired) electrons. The lowest BCUT2D eigenvalue weighted by Crippen LogP contribution is -2.27. The number of ketones is 2. The molecule has 1 N–H and O–H groups in total. The highest BCUT2D eigenvalue weighted by atomic mass is 16.3. The molecule has 0 saturated carbocycles. The first kappa shape index (κ1) is 29.7. The van der Waals surface area contributed by atoms with Crippen molar-refractivity contribution >= 4 is 11.6 Å². The molecule has 1 atom stereocenters. The number of Topliss-reactive ketones (excluding diaryl/α,β-unsaturated/α-hetero) is 2. The molecular weight excluding hydrogens is 444 g/mol. The second kappa shape index (κ2) is 13.1. The van der Waals surface area contributed by atoms with Crippen LogP contribution in [0.4, 0.5) is 0 Å². The van der Waals surface area contributed by atoms with Crippen molar-refractivity contribution in [2.45, 2.75) is 112 Å². The highest BCUT2D eigenvalue weighted by molar-refractivity contribution is 6.26. The summed E-state index contributed by atoms with van der Waals surface area (Å²) in [7, 11) is 0. The second-order valence-corrected chi connectivity index (χ2v) is 11.2. The van der Waals surface area contributed by atoms with Crippen LogP contribution in [0, 0.1) is 13.8 Å². The molecule has 0 heterocycles. The number of hydrogen-bond donors (Lipinski definition) is 1. The molecule has 0 bridgehead atoms. The lowest BCUT2D eigenvalue weighted by atomic mass is 9.80. The molecule has 3 nitrogen and oxygen atoms in total. The number of aliphatic hydroxyl groups is 1. The first-order chi connectivity index (χ1) is 16.8. The van der Waals surface area contributed by atoms with Crippen LogP contribution in [0.3, 0.4) is 0 Å². The number of allylic oxidation sites excluding steroid dienone is 8. The van der Waals surface area contributed by atoms with Gasteiger partial charge in [-0.15, -0.1) is 0 Å². The summed E-state index contributed by atoms with van der Waals surface area (Å²) in [5.74, 6) is -0.136. The summed E-state index contributed by atoms with van der Waals surface area (Å²) in [6.07, 6.45) is 13.5. The van der Waals surface area contributed by atoms with Crippen molar-refractivity contribution in [1.82, 2.24) is 0 Å². The number of hydrogen-bond acceptors (Lipinski definition) is 3. The lowest BCUT2D eigenvalue weighted by Gasteiger charge is -2.26. The zero-order chi connectivity index (χ0) is 27.0. The van der Waals surface area contributed by atoms with Gasteiger partial charge < -0.3 is 5.11 Å². The van der Waals surface area contributed by atoms with Crippen molar-refractivity contribution in [3.05, 3.63) is 80.5 Å². The summed E-state index contributed by atoms with van der Waals surface area (Å²) in [6.45, 7) is 16.1. The van der Waals surface area contributed by atoms with Gasteiger partial charge in [-0.25, -0.2) is 0 Å². The molecule has 1 aliphatic rings. The zero-order valence-electron chi connectivity index (χ0n) is 23.8. The molecule has 0 saturated heterocycles. The third-order valence-corrected chi connectivity index (χ3v) is 7.40. The summed E-state index contributed by atoms with van der Waals surface area (Å²) < 4.78 is 0. The first-order valence-electron chi connectivity index (χ1n) is 13.4. The van der Waals surface area contributed by atoms with Gasteiger partial charge in [0.1, 0.15) is 0 Å². The van der Waals surface area contributed by atoms with Gasteiger partial charge in [0, 0.05) is 22.3 Å². The fourth-order valence-corrected chi connectivity index (χ4v) is 4.65. The molecule has 0 amide bonds. The number of rotatable bonds is 12. The summed E-state index contributed by atoms with van der Waals surface area (Å²) in [6, 6.07) is 3.67. The fourth-order valence-electron chi connectivity index (χ4n) is 4.65. The number of carbonyl (C=O) groups is 2. The Hall–Kier alpha value is -2.52. The van der Waals surface area contributed by atoms with E-state index in [9.17, 15) is 14.7 Å². The Labute approximate surface area is 219 Å². The van der Waals surface area contributed by atoms with Crippen LogP contribution in [0.15, 0.2) is 58.2 Å². The van der Waals surface area contributed by atoms with E-state index in [-0.39, 0.29) is 11.6 Å². The Kier molecular flexibility index (Phi) is 10.8. The molecule has 1 aliphatic carbocycles. The first-order valence-corrected chi connectivity index (χ1v) is 13.4. The van der Waals surface area contributed by atoms with Crippen LogP contribution in [0.25, 0.3) is 0 Å². The highest BCUT2D eigenvalue weighted by Crippen LogP contribution is 2.32. The van der Waals surface area contributed by atoms with Gasteiger partial charge in [0.2, 0.25) is 0 Å². The quantitative estimate of drug-likeness (QED) is 0.298. The average Bonchev–Trinajstić information content (AvgIpc) is 2.78. The molecule has 3 heteroatoms. The molecular formula is C33H46O3. The summed E-state index contributed by atoms with van der Waals surface area (Å²) in [4.78, 5) is 26.1. The Morgan fingerprint density at radius 2 is 1.28 bits per heavy atom. The maximum atomic E-state index is 13.2. The molecule has 36 heavy (non-hydrogen) atoms. The van der Waals surface area contributed by atoms with Crippen LogP contribution in [0.1, 0.15) is 125 Å². The molecule has 1 unspecified atom stereocenters. The third kappa shape index (κ3) is 8.55. The van der Waals surface area contributed by atoms with Crippen molar-refractivity contribution in [3.8, 4) is 0 Å². The van der Waals surface area contributed by atoms with Crippen LogP contribution >= 0.6 is 0 Å². The number of benzene rings is 1. The molecule has 0 fully saturated rings. The van der Waals surface area contributed by atoms with Crippen molar-refractivity contribution in [1.29, 1.82) is 0 Å². The second-order valence-electron chi connectivity index (χ2n) is 11.2. The van der Waals surface area contributed by atoms with Crippen LogP contribution in [-0.4, -0.2) is 22.3 Å². The average molecular weight is 491 g/mol. The van der Waals surface area contributed by atoms with Crippen molar-refractivity contribution < 1.29 is 14.7 Å². The van der Waals surface area contributed by atoms with Gasteiger partial charge >= 0.3 is 0 Å². The van der Waals surface area contributed by atoms with Crippen molar-refractivity contribution in [2.75, 3.05) is 0 Å². The predicted octanol–water partition coefficient (Wildman–Crippen LogP) is 8.73. The van der Waals surface area contributed by atoms with Gasteiger partial charge in [-0.3, -0.25) is 9.59 Å². The normalized spacial score (nSPS) is 16.2. The van der Waals surface area contributed by atoms with Crippen LogP contribution in [0.5, 0.6) is 0 Å². The third-order valence-electron chi connectivity index (χ3n) is 7.40. The van der Waals surface area contributed by atoms with Gasteiger partial charge in [0.25, 0.3) is 0 Å². The smallest absolute Gasteiger partial charge is 0.190 e. The van der Waals surface area contributed by atoms with E-state index in [2.05, 4.69) is 45.9 Å². The monoisotopic (exact) mass is 490 g/mol. The lowest BCUT2D eigenvalue weighted by molar-refractivity contribution is 0.0429. The Bertz CT molecular complexity index is 1100. The van der Waals surface area contributed by atoms with Gasteiger partial charge in [0.05, 0.1) is 5.60 Å². The minimum absolute atomic E-state index is 0.0675. The highest BCUT2D eigenvalue weighted by Gasteiger charge is 2.31. The molecule has 0 aromatic heterocycles. The van der Waals surface area contributed by atoms with E-state index in [1.54, 1.807) is 6.92 Å². The Morgan fingerprint density at radius 3 is 1.83 bits per heavy atom. The van der Waals surface area contributed by atoms with Crippen molar-refractivity contribution in [3.63, 3.8) is 0 Å². The minimum Gasteiger partial charge on any atom is -0.390 e. The van der Waals surface area contributed by atoms with E-state index in [0.717, 1.165) is 43.2 Å². The molecule has 2 rings (SSSR count). The van der Waals surface area contributed by atoms with E-state index < -0.39 is 5.60 Å². The summed E-state index contributed by atoms with van der Waals surface area (Å²) in [5.41, 5.74) is 7.38. The summed E-state index contributed by atoms with van der Waals surface area (Å²) >= 11 is 0. The SMILES string of the molecule is CC(C)=CCC/C(C)=C/CC/C(C)=C/CCC(C)(O)CCC1=C(C)C(=O)c2cc(C)c(C)cc2C1=O. The molecule has 196 valence electrons. The van der Waals surface area contributed by atoms with E-state index >= 15 is 0 Å². The molecule has 1 aromatic carbocycles. The van der Waals surface area contributed by atoms with Gasteiger partial charge in [-0.05, 0) is 130 Å². The Balaban J connectivity index is 1.89. The molecule has 1 aromatic rings. The van der Waals surface area contributed by atoms with Crippen LogP contribution < -0.4 is 0 Å². The predicted molar refractivity (Wildman–Crippen MR) is 152 cm³/mol. The number of carbonyl (C=O) groups excluding carboxylic acids is 2. The fraction of sp³-hybridized carbons (Fsp3) is 0.515. The summed E-state index contributed by atoms with van der Waals surface area (Å²) in [5, 5.41) is 11.0. The van der Waals surface area contributed by atoms with Gasteiger partial charge in [0.15, 0.2) is 11.6 Å². The maximum absolute atomic E-state index is 13.2. The van der Waals surface area contributed by atoms with Gasteiger partial charge in [-0.2, -0.15) is 0 Å². The van der Waals surface area contributed by atoms with E-state index in [4.69, 9.17) is 0 Å². The number of aryl methyl sites for hydroxylation is 2. The van der Waals surface area contributed by atoms with Crippen LogP contribution in [0.2, 0.25) is 0 Å². The standard InChI is InChI=1S/C33H46O3/c1-22(2)12-9-13-23(3)14-10-15-24(4)16-11-18-33(8,36)19-17-28-27(7)31(34)29-20-25(5)26(6)21-30(29)32(28)35/h12,14,16,20-21,36H,9-11,13,15,17-19H2,1-8H3/b23-14+,24-16+. The largest absolute Gasteiger partial charge is 0.390 e. The molecule has 0 spiro atoms. The Morgan fingerprint density at radius 1 is 0.778 bits per heavy atom. The topological polar surface area (TPSA) is 54.4 Å². The minimum atomic E-state index is -0.891. The van der Waals surface area contributed by atoms with E-state index in [0.29, 0.717) is 41.5 Å². The van der Waals surface area contributed by atoms with Gasteiger partial charge in [-0.1, -0.05) is 34.9 Å². The number of fused-ring (bicyclic) bond motifs is 1. The maximum Gasteiger partial charge on any atom is 0.190 e. The van der Waals surface area contributed by atoms with Crippen molar-refractivity contribution in [2.24, 2.45) is 0 Å². The van der Waals surface area contributed by atoms with Crippen LogP contribution in [-0.2, 0) is 0 Å². The van der Waals surface area contributed by atoms with E-state index in [1.165, 1.54) is 16.7 Å². The zero-order valence-corrected chi connectivity index (χ0v) is 23.8. The van der Waals surface area contributed by atoms with E-state index in [1.807, 2.05) is 32.9 Å².